The highest BCUT2D eigenvalue weighted by atomic mass is 16.3. The minimum absolute atomic E-state index is 0.0719. The van der Waals surface area contributed by atoms with Crippen LogP contribution in [0.15, 0.2) is 47.9 Å². The summed E-state index contributed by atoms with van der Waals surface area (Å²) >= 11 is 0. The zero-order valence-electron chi connectivity index (χ0n) is 18.1. The molecular formula is C23H26N6O2. The molecule has 0 radical (unpaired) electrons. The molecule has 1 aliphatic heterocycles. The Kier molecular flexibility index (Phi) is 5.63. The Morgan fingerprint density at radius 3 is 2.48 bits per heavy atom. The zero-order valence-corrected chi connectivity index (χ0v) is 18.1. The average Bonchev–Trinajstić information content (AvgIpc) is 3.20. The molecule has 0 aromatic carbocycles. The Labute approximate surface area is 181 Å². The molecule has 0 bridgehead atoms. The molecule has 1 aliphatic rings. The van der Waals surface area contributed by atoms with Gasteiger partial charge in [-0.3, -0.25) is 14.8 Å². The Hall–Kier alpha value is -3.42. The summed E-state index contributed by atoms with van der Waals surface area (Å²) in [6.07, 6.45) is 5.30. The first-order valence-electron chi connectivity index (χ1n) is 10.4. The molecule has 8 nitrogen and oxygen atoms in total. The van der Waals surface area contributed by atoms with Gasteiger partial charge in [0.05, 0.1) is 23.3 Å². The van der Waals surface area contributed by atoms with Gasteiger partial charge < -0.3 is 4.90 Å². The molecule has 160 valence electrons. The third-order valence-corrected chi connectivity index (χ3v) is 5.81. The SMILES string of the molecule is Cc1ccc(-n2nc(C(=O)N3CCC(C)(C)CC3)cc2-c2ccc(CN=O)cn2)cn1. The van der Waals surface area contributed by atoms with Crippen LogP contribution in [0.2, 0.25) is 0 Å². The summed E-state index contributed by atoms with van der Waals surface area (Å²) in [6.45, 7) is 7.92. The van der Waals surface area contributed by atoms with Crippen LogP contribution in [0.25, 0.3) is 17.1 Å². The van der Waals surface area contributed by atoms with Crippen molar-refractivity contribution in [1.82, 2.24) is 24.6 Å². The van der Waals surface area contributed by atoms with E-state index in [2.05, 4.69) is 34.1 Å². The number of pyridine rings is 2. The van der Waals surface area contributed by atoms with Gasteiger partial charge in [-0.25, -0.2) is 4.68 Å². The van der Waals surface area contributed by atoms with Crippen LogP contribution in [0, 0.1) is 17.2 Å². The van der Waals surface area contributed by atoms with Crippen molar-refractivity contribution in [3.05, 3.63) is 64.6 Å². The lowest BCUT2D eigenvalue weighted by Gasteiger charge is -2.36. The largest absolute Gasteiger partial charge is 0.337 e. The predicted octanol–water partition coefficient (Wildman–Crippen LogP) is 4.17. The Bertz CT molecular complexity index is 1080. The third-order valence-electron chi connectivity index (χ3n) is 5.81. The molecule has 1 fully saturated rings. The van der Waals surface area contributed by atoms with Gasteiger partial charge in [-0.05, 0) is 55.0 Å². The van der Waals surface area contributed by atoms with Gasteiger partial charge in [0.2, 0.25) is 0 Å². The Balaban J connectivity index is 1.71. The van der Waals surface area contributed by atoms with Crippen molar-refractivity contribution in [1.29, 1.82) is 0 Å². The number of piperidine rings is 1. The number of carbonyl (C=O) groups excluding carboxylic acids is 1. The molecule has 4 heterocycles. The quantitative estimate of drug-likeness (QED) is 0.580. The first kappa shape index (κ1) is 20.8. The molecule has 0 N–H and O–H groups in total. The van der Waals surface area contributed by atoms with Crippen molar-refractivity contribution in [2.75, 3.05) is 13.1 Å². The highest BCUT2D eigenvalue weighted by Crippen LogP contribution is 2.31. The summed E-state index contributed by atoms with van der Waals surface area (Å²) in [5.41, 5.74) is 4.37. The summed E-state index contributed by atoms with van der Waals surface area (Å²) in [5, 5.41) is 7.54. The number of amides is 1. The van der Waals surface area contributed by atoms with Crippen LogP contribution in [0.3, 0.4) is 0 Å². The van der Waals surface area contributed by atoms with E-state index in [4.69, 9.17) is 0 Å². The maximum Gasteiger partial charge on any atom is 0.274 e. The first-order chi connectivity index (χ1) is 14.9. The summed E-state index contributed by atoms with van der Waals surface area (Å²) in [6, 6.07) is 9.22. The molecule has 0 unspecified atom stereocenters. The Morgan fingerprint density at radius 1 is 1.10 bits per heavy atom. The number of nitroso groups, excluding NO2 is 1. The topological polar surface area (TPSA) is 93.3 Å². The van der Waals surface area contributed by atoms with Crippen LogP contribution >= 0.6 is 0 Å². The summed E-state index contributed by atoms with van der Waals surface area (Å²) in [4.78, 5) is 34.4. The number of hydrogen-bond donors (Lipinski definition) is 0. The number of aryl methyl sites for hydroxylation is 1. The highest BCUT2D eigenvalue weighted by molar-refractivity contribution is 5.93. The summed E-state index contributed by atoms with van der Waals surface area (Å²) in [5.74, 6) is -0.0719. The van der Waals surface area contributed by atoms with Crippen molar-refractivity contribution in [2.24, 2.45) is 10.6 Å². The minimum Gasteiger partial charge on any atom is -0.337 e. The lowest BCUT2D eigenvalue weighted by molar-refractivity contribution is 0.0624. The number of nitrogens with zero attached hydrogens (tertiary/aromatic N) is 6. The number of likely N-dealkylation sites (tertiary alicyclic amines) is 1. The van der Waals surface area contributed by atoms with Crippen LogP contribution in [0.1, 0.15) is 48.4 Å². The molecule has 0 spiro atoms. The van der Waals surface area contributed by atoms with Crippen molar-refractivity contribution in [2.45, 2.75) is 40.2 Å². The third kappa shape index (κ3) is 4.52. The molecule has 31 heavy (non-hydrogen) atoms. The van der Waals surface area contributed by atoms with Crippen molar-refractivity contribution < 1.29 is 4.79 Å². The second-order valence-corrected chi connectivity index (χ2v) is 8.78. The van der Waals surface area contributed by atoms with Crippen LogP contribution in [0.5, 0.6) is 0 Å². The monoisotopic (exact) mass is 418 g/mol. The maximum atomic E-state index is 13.2. The fraction of sp³-hybridized carbons (Fsp3) is 0.391. The van der Waals surface area contributed by atoms with Gasteiger partial charge in [-0.2, -0.15) is 10.0 Å². The summed E-state index contributed by atoms with van der Waals surface area (Å²) in [7, 11) is 0. The van der Waals surface area contributed by atoms with Gasteiger partial charge in [0, 0.05) is 25.0 Å². The molecule has 8 heteroatoms. The van der Waals surface area contributed by atoms with Gasteiger partial charge >= 0.3 is 0 Å². The Morgan fingerprint density at radius 2 is 1.87 bits per heavy atom. The van der Waals surface area contributed by atoms with Crippen molar-refractivity contribution >= 4 is 5.91 Å². The van der Waals surface area contributed by atoms with E-state index in [1.807, 2.05) is 36.1 Å². The molecule has 0 atom stereocenters. The van der Waals surface area contributed by atoms with Crippen LogP contribution in [-0.2, 0) is 6.54 Å². The van der Waals surface area contributed by atoms with Gasteiger partial charge in [0.1, 0.15) is 6.54 Å². The molecule has 1 amide bonds. The predicted molar refractivity (Wildman–Crippen MR) is 118 cm³/mol. The lowest BCUT2D eigenvalue weighted by Crippen LogP contribution is -2.41. The number of hydrogen-bond acceptors (Lipinski definition) is 6. The highest BCUT2D eigenvalue weighted by Gasteiger charge is 2.30. The van der Waals surface area contributed by atoms with Crippen LogP contribution in [0.4, 0.5) is 0 Å². The fourth-order valence-electron chi connectivity index (χ4n) is 3.67. The van der Waals surface area contributed by atoms with E-state index in [0.717, 1.165) is 42.9 Å². The van der Waals surface area contributed by atoms with Gasteiger partial charge in [0.15, 0.2) is 5.69 Å². The van der Waals surface area contributed by atoms with E-state index in [-0.39, 0.29) is 17.9 Å². The normalized spacial score (nSPS) is 15.6. The van der Waals surface area contributed by atoms with Crippen LogP contribution < -0.4 is 0 Å². The van der Waals surface area contributed by atoms with E-state index in [1.54, 1.807) is 23.1 Å². The van der Waals surface area contributed by atoms with Crippen molar-refractivity contribution in [3.63, 3.8) is 0 Å². The zero-order chi connectivity index (χ0) is 22.0. The molecule has 3 aromatic rings. The van der Waals surface area contributed by atoms with E-state index in [1.165, 1.54) is 0 Å². The summed E-state index contributed by atoms with van der Waals surface area (Å²) < 4.78 is 1.70. The lowest BCUT2D eigenvalue weighted by atomic mass is 9.82. The molecule has 0 saturated carbocycles. The van der Waals surface area contributed by atoms with Gasteiger partial charge in [-0.15, -0.1) is 0 Å². The second-order valence-electron chi connectivity index (χ2n) is 8.78. The molecule has 1 saturated heterocycles. The van der Waals surface area contributed by atoms with Crippen LogP contribution in [-0.4, -0.2) is 43.6 Å². The molecular weight excluding hydrogens is 392 g/mol. The molecule has 3 aromatic heterocycles. The van der Waals surface area contributed by atoms with E-state index < -0.39 is 0 Å². The second kappa shape index (κ2) is 8.37. The average molecular weight is 419 g/mol. The molecule has 4 rings (SSSR count). The molecule has 0 aliphatic carbocycles. The minimum atomic E-state index is -0.0719. The number of aromatic nitrogens is 4. The first-order valence-corrected chi connectivity index (χ1v) is 10.4. The fourth-order valence-corrected chi connectivity index (χ4v) is 3.67. The number of rotatable bonds is 5. The number of carbonyl (C=O) groups is 1. The van der Waals surface area contributed by atoms with E-state index >= 15 is 0 Å². The van der Waals surface area contributed by atoms with Gasteiger partial charge in [-0.1, -0.05) is 25.1 Å². The standard InChI is InChI=1S/C23H26N6O2/c1-16-4-6-18(15-24-16)29-21(19-7-5-17(13-25-19)14-26-31)12-20(27-29)22(30)28-10-8-23(2,3)9-11-28/h4-7,12-13,15H,8-11,14H2,1-3H3. The smallest absolute Gasteiger partial charge is 0.274 e. The maximum absolute atomic E-state index is 13.2. The van der Waals surface area contributed by atoms with E-state index in [9.17, 15) is 9.70 Å². The van der Waals surface area contributed by atoms with E-state index in [0.29, 0.717) is 17.1 Å². The van der Waals surface area contributed by atoms with Crippen molar-refractivity contribution in [3.8, 4) is 17.1 Å². The van der Waals surface area contributed by atoms with Gasteiger partial charge in [0.25, 0.3) is 5.91 Å².